The summed E-state index contributed by atoms with van der Waals surface area (Å²) in [6, 6.07) is 13.0. The molecule has 0 aliphatic carbocycles. The van der Waals surface area contributed by atoms with Crippen LogP contribution in [0.2, 0.25) is 0 Å². The molecule has 0 saturated carbocycles. The van der Waals surface area contributed by atoms with E-state index in [-0.39, 0.29) is 16.6 Å². The van der Waals surface area contributed by atoms with Crippen molar-refractivity contribution < 1.29 is 17.9 Å². The fraction of sp³-hybridized carbons (Fsp3) is 0.278. The van der Waals surface area contributed by atoms with E-state index in [9.17, 15) is 13.2 Å². The largest absolute Gasteiger partial charge is 0.489 e. The number of nitrogens with zero attached hydrogens (tertiary/aromatic N) is 1. The molecule has 0 saturated heterocycles. The molecule has 0 spiro atoms. The normalized spacial score (nSPS) is 11.6. The van der Waals surface area contributed by atoms with E-state index in [0.717, 1.165) is 4.31 Å². The number of anilines is 1. The van der Waals surface area contributed by atoms with Gasteiger partial charge in [-0.2, -0.15) is 0 Å². The van der Waals surface area contributed by atoms with Crippen molar-refractivity contribution in [1.29, 1.82) is 0 Å². The van der Waals surface area contributed by atoms with Crippen molar-refractivity contribution in [3.05, 3.63) is 54.1 Å². The summed E-state index contributed by atoms with van der Waals surface area (Å²) in [5.74, 6) is 0.151. The first-order valence-corrected chi connectivity index (χ1v) is 9.25. The van der Waals surface area contributed by atoms with Gasteiger partial charge in [0.05, 0.1) is 16.7 Å². The third kappa shape index (κ3) is 4.58. The average molecular weight is 362 g/mol. The van der Waals surface area contributed by atoms with Crippen LogP contribution in [0.1, 0.15) is 24.2 Å². The van der Waals surface area contributed by atoms with Gasteiger partial charge >= 0.3 is 0 Å². The first kappa shape index (κ1) is 19.0. The van der Waals surface area contributed by atoms with E-state index in [1.807, 2.05) is 19.9 Å². The van der Waals surface area contributed by atoms with Crippen molar-refractivity contribution in [2.24, 2.45) is 0 Å². The van der Waals surface area contributed by atoms with Crippen molar-refractivity contribution in [2.75, 3.05) is 19.4 Å². The molecule has 0 bridgehead atoms. The van der Waals surface area contributed by atoms with Gasteiger partial charge in [0, 0.05) is 19.7 Å². The first-order chi connectivity index (χ1) is 11.7. The van der Waals surface area contributed by atoms with Gasteiger partial charge in [-0.1, -0.05) is 18.2 Å². The predicted molar refractivity (Wildman–Crippen MR) is 97.5 cm³/mol. The molecule has 0 aliphatic rings. The summed E-state index contributed by atoms with van der Waals surface area (Å²) in [4.78, 5) is 12.6. The maximum absolute atomic E-state index is 12.5. The van der Waals surface area contributed by atoms with E-state index in [4.69, 9.17) is 4.74 Å². The maximum atomic E-state index is 12.5. The Morgan fingerprint density at radius 3 is 2.40 bits per heavy atom. The second-order valence-corrected chi connectivity index (χ2v) is 8.08. The van der Waals surface area contributed by atoms with Crippen LogP contribution in [0.15, 0.2) is 53.4 Å². The summed E-state index contributed by atoms with van der Waals surface area (Å²) in [6.45, 7) is 3.79. The van der Waals surface area contributed by atoms with E-state index < -0.39 is 15.9 Å². The van der Waals surface area contributed by atoms with Crippen LogP contribution in [-0.4, -0.2) is 38.8 Å². The van der Waals surface area contributed by atoms with Crippen molar-refractivity contribution in [2.45, 2.75) is 24.8 Å². The van der Waals surface area contributed by atoms with E-state index in [1.54, 1.807) is 30.3 Å². The molecule has 0 unspecified atom stereocenters. The molecule has 6 nitrogen and oxygen atoms in total. The highest BCUT2D eigenvalue weighted by molar-refractivity contribution is 7.89. The van der Waals surface area contributed by atoms with Crippen LogP contribution in [0.4, 0.5) is 5.69 Å². The Kier molecular flexibility index (Phi) is 5.81. The number of para-hydroxylation sites is 2. The number of sulfonamides is 1. The third-order valence-corrected chi connectivity index (χ3v) is 5.18. The van der Waals surface area contributed by atoms with Crippen LogP contribution in [0, 0.1) is 0 Å². The number of hydrogen-bond acceptors (Lipinski definition) is 4. The van der Waals surface area contributed by atoms with Gasteiger partial charge in [0.15, 0.2) is 0 Å². The lowest BCUT2D eigenvalue weighted by atomic mass is 10.2. The molecule has 0 radical (unpaired) electrons. The molecule has 1 N–H and O–H groups in total. The molecule has 7 heteroatoms. The molecule has 25 heavy (non-hydrogen) atoms. The van der Waals surface area contributed by atoms with Crippen molar-refractivity contribution >= 4 is 21.6 Å². The molecular formula is C18H22N2O4S. The van der Waals surface area contributed by atoms with E-state index in [0.29, 0.717) is 11.4 Å². The van der Waals surface area contributed by atoms with Crippen molar-refractivity contribution in [3.63, 3.8) is 0 Å². The van der Waals surface area contributed by atoms with Crippen LogP contribution in [0.5, 0.6) is 5.75 Å². The molecule has 2 rings (SSSR count). The standard InChI is InChI=1S/C18H22N2O4S/c1-13(2)24-17-11-6-5-10-16(17)19-18(21)14-8-7-9-15(12-14)25(22,23)20(3)4/h5-13H,1-4H3,(H,19,21). The molecule has 0 fully saturated rings. The summed E-state index contributed by atoms with van der Waals surface area (Å²) in [7, 11) is -0.709. The third-order valence-electron chi connectivity index (χ3n) is 3.37. The Hall–Kier alpha value is -2.38. The zero-order valence-corrected chi connectivity index (χ0v) is 15.5. The lowest BCUT2D eigenvalue weighted by Gasteiger charge is -2.15. The minimum atomic E-state index is -3.60. The Morgan fingerprint density at radius 1 is 1.08 bits per heavy atom. The molecule has 0 aliphatic heterocycles. The first-order valence-electron chi connectivity index (χ1n) is 7.81. The zero-order valence-electron chi connectivity index (χ0n) is 14.7. The fourth-order valence-corrected chi connectivity index (χ4v) is 3.08. The van der Waals surface area contributed by atoms with Gasteiger partial charge < -0.3 is 10.1 Å². The van der Waals surface area contributed by atoms with Crippen LogP contribution in [0.3, 0.4) is 0 Å². The number of amides is 1. The fourth-order valence-electron chi connectivity index (χ4n) is 2.13. The molecule has 134 valence electrons. The Labute approximate surface area is 148 Å². The maximum Gasteiger partial charge on any atom is 0.255 e. The Morgan fingerprint density at radius 2 is 1.76 bits per heavy atom. The summed E-state index contributed by atoms with van der Waals surface area (Å²) in [5.41, 5.74) is 0.782. The van der Waals surface area contributed by atoms with Gasteiger partial charge in [0.2, 0.25) is 10.0 Å². The molecule has 1 amide bonds. The van der Waals surface area contributed by atoms with Gasteiger partial charge in [-0.15, -0.1) is 0 Å². The second kappa shape index (κ2) is 7.67. The SMILES string of the molecule is CC(C)Oc1ccccc1NC(=O)c1cccc(S(=O)(=O)N(C)C)c1. The number of rotatable bonds is 6. The van der Waals surface area contributed by atoms with Gasteiger partial charge in [0.25, 0.3) is 5.91 Å². The minimum absolute atomic E-state index is 0.0355. The lowest BCUT2D eigenvalue weighted by molar-refractivity contribution is 0.102. The summed E-state index contributed by atoms with van der Waals surface area (Å²) >= 11 is 0. The number of carbonyl (C=O) groups excluding carboxylic acids is 1. The number of ether oxygens (including phenoxy) is 1. The minimum Gasteiger partial charge on any atom is -0.489 e. The van der Waals surface area contributed by atoms with Gasteiger partial charge in [0.1, 0.15) is 5.75 Å². The van der Waals surface area contributed by atoms with Gasteiger partial charge in [-0.3, -0.25) is 4.79 Å². The molecule has 2 aromatic rings. The summed E-state index contributed by atoms with van der Waals surface area (Å²) < 4.78 is 31.2. The highest BCUT2D eigenvalue weighted by atomic mass is 32.2. The molecule has 0 atom stereocenters. The van der Waals surface area contributed by atoms with Gasteiger partial charge in [-0.05, 0) is 44.2 Å². The number of carbonyl (C=O) groups is 1. The second-order valence-electron chi connectivity index (χ2n) is 5.93. The lowest BCUT2D eigenvalue weighted by Crippen LogP contribution is -2.22. The zero-order chi connectivity index (χ0) is 18.6. The molecule has 2 aromatic carbocycles. The Bertz CT molecular complexity index is 861. The van der Waals surface area contributed by atoms with Crippen LogP contribution in [0.25, 0.3) is 0 Å². The van der Waals surface area contributed by atoms with Crippen LogP contribution in [-0.2, 0) is 10.0 Å². The smallest absolute Gasteiger partial charge is 0.255 e. The monoisotopic (exact) mass is 362 g/mol. The number of nitrogens with one attached hydrogen (secondary N) is 1. The van der Waals surface area contributed by atoms with Crippen LogP contribution < -0.4 is 10.1 Å². The van der Waals surface area contributed by atoms with E-state index in [1.165, 1.54) is 26.2 Å². The number of benzene rings is 2. The highest BCUT2D eigenvalue weighted by Gasteiger charge is 2.19. The molecule has 0 heterocycles. The van der Waals surface area contributed by atoms with Crippen molar-refractivity contribution in [1.82, 2.24) is 4.31 Å². The molecular weight excluding hydrogens is 340 g/mol. The Balaban J connectivity index is 2.29. The molecule has 0 aromatic heterocycles. The quantitative estimate of drug-likeness (QED) is 0.857. The van der Waals surface area contributed by atoms with E-state index >= 15 is 0 Å². The number of hydrogen-bond donors (Lipinski definition) is 1. The predicted octanol–water partition coefficient (Wildman–Crippen LogP) is 2.98. The summed E-state index contributed by atoms with van der Waals surface area (Å²) in [6.07, 6.45) is -0.0355. The van der Waals surface area contributed by atoms with Crippen LogP contribution >= 0.6 is 0 Å². The van der Waals surface area contributed by atoms with Gasteiger partial charge in [-0.25, -0.2) is 12.7 Å². The topological polar surface area (TPSA) is 75.7 Å². The summed E-state index contributed by atoms with van der Waals surface area (Å²) in [5, 5.41) is 2.77. The van der Waals surface area contributed by atoms with E-state index in [2.05, 4.69) is 5.32 Å². The average Bonchev–Trinajstić information content (AvgIpc) is 2.56. The highest BCUT2D eigenvalue weighted by Crippen LogP contribution is 2.25. The van der Waals surface area contributed by atoms with Crippen molar-refractivity contribution in [3.8, 4) is 5.75 Å².